The molecule has 7 heteroatoms. The van der Waals surface area contributed by atoms with Crippen molar-refractivity contribution in [3.05, 3.63) is 48.1 Å². The number of hydrogen-bond donors (Lipinski definition) is 1. The third-order valence-corrected chi connectivity index (χ3v) is 2.67. The first-order chi connectivity index (χ1) is 10.2. The van der Waals surface area contributed by atoms with Crippen molar-refractivity contribution in [2.24, 2.45) is 0 Å². The predicted molar refractivity (Wildman–Crippen MR) is 75.2 cm³/mol. The van der Waals surface area contributed by atoms with Gasteiger partial charge in [-0.1, -0.05) is 11.2 Å². The van der Waals surface area contributed by atoms with Gasteiger partial charge in [0.25, 0.3) is 5.89 Å². The summed E-state index contributed by atoms with van der Waals surface area (Å²) in [5, 5.41) is 3.83. The number of ether oxygens (including phenoxy) is 1. The van der Waals surface area contributed by atoms with E-state index in [4.69, 9.17) is 15.0 Å². The van der Waals surface area contributed by atoms with Gasteiger partial charge in [0.1, 0.15) is 5.75 Å². The molecule has 0 amide bonds. The summed E-state index contributed by atoms with van der Waals surface area (Å²) in [6, 6.07) is 7.12. The highest BCUT2D eigenvalue weighted by Crippen LogP contribution is 2.16. The average molecular weight is 283 g/mol. The van der Waals surface area contributed by atoms with Crippen molar-refractivity contribution in [1.82, 2.24) is 20.1 Å². The van der Waals surface area contributed by atoms with Crippen LogP contribution in [0.1, 0.15) is 11.5 Å². The summed E-state index contributed by atoms with van der Waals surface area (Å²) in [4.78, 5) is 12.5. The molecule has 0 atom stereocenters. The van der Waals surface area contributed by atoms with E-state index < -0.39 is 0 Å². The molecule has 3 rings (SSSR count). The number of aromatic nitrogens is 4. The largest absolute Gasteiger partial charge is 0.484 e. The van der Waals surface area contributed by atoms with Gasteiger partial charge in [-0.15, -0.1) is 0 Å². The van der Waals surface area contributed by atoms with E-state index in [1.165, 1.54) is 0 Å². The Morgan fingerprint density at radius 2 is 2.00 bits per heavy atom. The summed E-state index contributed by atoms with van der Waals surface area (Å²) in [5.41, 5.74) is 7.27. The van der Waals surface area contributed by atoms with Gasteiger partial charge in [0.2, 0.25) is 11.6 Å². The number of anilines is 1. The van der Waals surface area contributed by atoms with Crippen molar-refractivity contribution in [1.29, 1.82) is 0 Å². The smallest absolute Gasteiger partial charge is 0.264 e. The molecule has 0 bridgehead atoms. The van der Waals surface area contributed by atoms with Crippen LogP contribution >= 0.6 is 0 Å². The molecule has 3 aromatic rings. The lowest BCUT2D eigenvalue weighted by molar-refractivity contribution is 0.243. The monoisotopic (exact) mass is 283 g/mol. The van der Waals surface area contributed by atoms with Crippen molar-refractivity contribution >= 4 is 5.69 Å². The topological polar surface area (TPSA) is 100.0 Å². The Balaban J connectivity index is 1.69. The predicted octanol–water partition coefficient (Wildman–Crippen LogP) is 2.00. The van der Waals surface area contributed by atoms with Crippen LogP contribution in [0.25, 0.3) is 11.6 Å². The van der Waals surface area contributed by atoms with Crippen LogP contribution < -0.4 is 10.5 Å². The van der Waals surface area contributed by atoms with Crippen LogP contribution in [0.3, 0.4) is 0 Å². The highest BCUT2D eigenvalue weighted by molar-refractivity contribution is 5.43. The van der Waals surface area contributed by atoms with Crippen LogP contribution in [-0.4, -0.2) is 20.1 Å². The number of rotatable bonds is 4. The molecule has 2 aromatic heterocycles. The highest BCUT2D eigenvalue weighted by atomic mass is 16.5. The standard InChI is InChI=1S/C14H13N5O2/c1-9-6-16-13(17-7-9)14-18-12(21-19-14)8-20-11-4-2-3-10(15)5-11/h2-7H,8,15H2,1H3. The molecule has 2 N–H and O–H groups in total. The number of aryl methyl sites for hydroxylation is 1. The first-order valence-corrected chi connectivity index (χ1v) is 6.30. The van der Waals surface area contributed by atoms with Gasteiger partial charge in [-0.05, 0) is 24.6 Å². The van der Waals surface area contributed by atoms with E-state index in [1.54, 1.807) is 30.6 Å². The summed E-state index contributed by atoms with van der Waals surface area (Å²) >= 11 is 0. The average Bonchev–Trinajstić information content (AvgIpc) is 2.95. The van der Waals surface area contributed by atoms with Gasteiger partial charge in [-0.25, -0.2) is 9.97 Å². The van der Waals surface area contributed by atoms with Crippen LogP contribution in [0.5, 0.6) is 5.75 Å². The normalized spacial score (nSPS) is 10.5. The third-order valence-electron chi connectivity index (χ3n) is 2.67. The Kier molecular flexibility index (Phi) is 3.46. The molecular weight excluding hydrogens is 270 g/mol. The van der Waals surface area contributed by atoms with Crippen LogP contribution in [0, 0.1) is 6.92 Å². The highest BCUT2D eigenvalue weighted by Gasteiger charge is 2.11. The molecule has 0 unspecified atom stereocenters. The maximum absolute atomic E-state index is 5.67. The van der Waals surface area contributed by atoms with E-state index in [1.807, 2.05) is 13.0 Å². The molecule has 0 fully saturated rings. The molecule has 1 aromatic carbocycles. The zero-order valence-electron chi connectivity index (χ0n) is 11.4. The SMILES string of the molecule is Cc1cnc(-c2noc(COc3cccc(N)c3)n2)nc1. The van der Waals surface area contributed by atoms with Crippen molar-refractivity contribution in [2.45, 2.75) is 13.5 Å². The van der Waals surface area contributed by atoms with Crippen molar-refractivity contribution in [3.63, 3.8) is 0 Å². The number of hydrogen-bond acceptors (Lipinski definition) is 7. The molecule has 0 aliphatic rings. The minimum absolute atomic E-state index is 0.155. The zero-order valence-corrected chi connectivity index (χ0v) is 11.4. The van der Waals surface area contributed by atoms with Gasteiger partial charge >= 0.3 is 0 Å². The Morgan fingerprint density at radius 1 is 1.19 bits per heavy atom. The Morgan fingerprint density at radius 3 is 2.76 bits per heavy atom. The maximum atomic E-state index is 5.67. The molecule has 0 radical (unpaired) electrons. The summed E-state index contributed by atoms with van der Waals surface area (Å²) in [7, 11) is 0. The van der Waals surface area contributed by atoms with Gasteiger partial charge in [0.05, 0.1) is 0 Å². The molecular formula is C14H13N5O2. The Bertz CT molecular complexity index is 739. The Labute approximate surface area is 120 Å². The first-order valence-electron chi connectivity index (χ1n) is 6.30. The second-order valence-electron chi connectivity index (χ2n) is 4.46. The molecule has 21 heavy (non-hydrogen) atoms. The van der Waals surface area contributed by atoms with Crippen molar-refractivity contribution < 1.29 is 9.26 Å². The van der Waals surface area contributed by atoms with Crippen LogP contribution in [0.15, 0.2) is 41.2 Å². The van der Waals surface area contributed by atoms with Crippen molar-refractivity contribution in [2.75, 3.05) is 5.73 Å². The van der Waals surface area contributed by atoms with Crippen LogP contribution in [0.4, 0.5) is 5.69 Å². The van der Waals surface area contributed by atoms with Crippen LogP contribution in [-0.2, 0) is 6.61 Å². The molecule has 0 saturated heterocycles. The summed E-state index contributed by atoms with van der Waals surface area (Å²) in [5.74, 6) is 1.73. The number of nitrogens with two attached hydrogens (primary N) is 1. The van der Waals surface area contributed by atoms with Gasteiger partial charge in [0.15, 0.2) is 6.61 Å². The second-order valence-corrected chi connectivity index (χ2v) is 4.46. The molecule has 0 aliphatic carbocycles. The fourth-order valence-corrected chi connectivity index (χ4v) is 1.66. The van der Waals surface area contributed by atoms with Gasteiger partial charge in [0, 0.05) is 24.1 Å². The molecule has 7 nitrogen and oxygen atoms in total. The lowest BCUT2D eigenvalue weighted by Crippen LogP contribution is -1.97. The van der Waals surface area contributed by atoms with E-state index in [0.29, 0.717) is 29.0 Å². The van der Waals surface area contributed by atoms with Gasteiger partial charge < -0.3 is 15.0 Å². The minimum atomic E-state index is 0.155. The molecule has 106 valence electrons. The second kappa shape index (κ2) is 5.58. The van der Waals surface area contributed by atoms with E-state index in [-0.39, 0.29) is 6.61 Å². The van der Waals surface area contributed by atoms with E-state index in [9.17, 15) is 0 Å². The fraction of sp³-hybridized carbons (Fsp3) is 0.143. The zero-order chi connectivity index (χ0) is 14.7. The summed E-state index contributed by atoms with van der Waals surface area (Å²) < 4.78 is 10.6. The molecule has 0 spiro atoms. The Hall–Kier alpha value is -2.96. The first kappa shape index (κ1) is 13.0. The molecule has 2 heterocycles. The summed E-state index contributed by atoms with van der Waals surface area (Å²) in [6.45, 7) is 2.06. The lowest BCUT2D eigenvalue weighted by atomic mass is 10.3. The van der Waals surface area contributed by atoms with Crippen molar-refractivity contribution in [3.8, 4) is 17.4 Å². The quantitative estimate of drug-likeness (QED) is 0.731. The number of nitrogens with zero attached hydrogens (tertiary/aromatic N) is 4. The molecule has 0 aliphatic heterocycles. The number of nitrogen functional groups attached to an aromatic ring is 1. The van der Waals surface area contributed by atoms with Crippen LogP contribution in [0.2, 0.25) is 0 Å². The van der Waals surface area contributed by atoms with E-state index in [0.717, 1.165) is 5.56 Å². The third kappa shape index (κ3) is 3.14. The number of benzene rings is 1. The van der Waals surface area contributed by atoms with E-state index in [2.05, 4.69) is 20.1 Å². The lowest BCUT2D eigenvalue weighted by Gasteiger charge is -2.03. The summed E-state index contributed by atoms with van der Waals surface area (Å²) in [6.07, 6.45) is 3.39. The molecule has 0 saturated carbocycles. The van der Waals surface area contributed by atoms with E-state index >= 15 is 0 Å². The minimum Gasteiger partial charge on any atom is -0.484 e. The van der Waals surface area contributed by atoms with Gasteiger partial charge in [-0.3, -0.25) is 0 Å². The maximum Gasteiger partial charge on any atom is 0.264 e. The van der Waals surface area contributed by atoms with Gasteiger partial charge in [-0.2, -0.15) is 4.98 Å². The fourth-order valence-electron chi connectivity index (χ4n) is 1.66.